The van der Waals surface area contributed by atoms with Crippen LogP contribution in [0.5, 0.6) is 0 Å². The van der Waals surface area contributed by atoms with Crippen LogP contribution in [0.25, 0.3) is 0 Å². The lowest BCUT2D eigenvalue weighted by Gasteiger charge is -2.41. The second kappa shape index (κ2) is 8.89. The van der Waals surface area contributed by atoms with E-state index in [9.17, 15) is 23.1 Å². The van der Waals surface area contributed by atoms with Crippen molar-refractivity contribution >= 4 is 5.91 Å². The van der Waals surface area contributed by atoms with Crippen molar-refractivity contribution in [1.82, 2.24) is 4.90 Å². The Kier molecular flexibility index (Phi) is 6.75. The SMILES string of the molecule is CC(C)Cc1ccc(C(C)(C)C(=O)N2CCC(O)(c3cccc(C(F)(F)F)c3)CC2)cc1. The molecule has 0 radical (unpaired) electrons. The Morgan fingerprint density at radius 3 is 2.16 bits per heavy atom. The average molecular weight is 448 g/mol. The minimum Gasteiger partial charge on any atom is -0.385 e. The maximum atomic E-state index is 13.3. The number of aliphatic hydroxyl groups is 1. The maximum Gasteiger partial charge on any atom is 0.416 e. The highest BCUT2D eigenvalue weighted by atomic mass is 19.4. The fourth-order valence-corrected chi connectivity index (χ4v) is 4.40. The van der Waals surface area contributed by atoms with Crippen LogP contribution in [0, 0.1) is 5.92 Å². The smallest absolute Gasteiger partial charge is 0.385 e. The lowest BCUT2D eigenvalue weighted by molar-refractivity contribution is -0.140. The molecule has 174 valence electrons. The van der Waals surface area contributed by atoms with Crippen LogP contribution in [0.4, 0.5) is 13.2 Å². The molecule has 0 unspecified atom stereocenters. The van der Waals surface area contributed by atoms with Crippen LogP contribution in [-0.4, -0.2) is 29.0 Å². The largest absolute Gasteiger partial charge is 0.416 e. The minimum absolute atomic E-state index is 0.0415. The van der Waals surface area contributed by atoms with Gasteiger partial charge in [0.1, 0.15) is 0 Å². The Labute approximate surface area is 188 Å². The Hall–Kier alpha value is -2.34. The van der Waals surface area contributed by atoms with Gasteiger partial charge in [0, 0.05) is 13.1 Å². The van der Waals surface area contributed by atoms with Gasteiger partial charge in [-0.15, -0.1) is 0 Å². The number of hydrogen-bond acceptors (Lipinski definition) is 2. The summed E-state index contributed by atoms with van der Waals surface area (Å²) in [6, 6.07) is 13.0. The van der Waals surface area contributed by atoms with E-state index in [-0.39, 0.29) is 24.3 Å². The van der Waals surface area contributed by atoms with Gasteiger partial charge in [0.05, 0.1) is 16.6 Å². The van der Waals surface area contributed by atoms with Crippen LogP contribution in [0.2, 0.25) is 0 Å². The summed E-state index contributed by atoms with van der Waals surface area (Å²) in [7, 11) is 0. The number of rotatable bonds is 5. The molecule has 0 aromatic heterocycles. The maximum absolute atomic E-state index is 13.3. The predicted molar refractivity (Wildman–Crippen MR) is 119 cm³/mol. The molecular weight excluding hydrogens is 415 g/mol. The predicted octanol–water partition coefficient (Wildman–Crippen LogP) is 5.69. The highest BCUT2D eigenvalue weighted by molar-refractivity contribution is 5.87. The van der Waals surface area contributed by atoms with Crippen molar-refractivity contribution in [3.63, 3.8) is 0 Å². The van der Waals surface area contributed by atoms with Crippen LogP contribution in [-0.2, 0) is 28.4 Å². The number of carbonyl (C=O) groups is 1. The first-order valence-electron chi connectivity index (χ1n) is 11.1. The van der Waals surface area contributed by atoms with E-state index in [1.807, 2.05) is 26.0 Å². The molecule has 0 spiro atoms. The molecule has 3 rings (SSSR count). The number of nitrogens with zero attached hydrogens (tertiary/aromatic N) is 1. The number of halogens is 3. The molecule has 6 heteroatoms. The molecule has 1 aliphatic heterocycles. The summed E-state index contributed by atoms with van der Waals surface area (Å²) in [5.74, 6) is 0.514. The molecule has 0 atom stereocenters. The van der Waals surface area contributed by atoms with Gasteiger partial charge in [-0.1, -0.05) is 50.2 Å². The quantitative estimate of drug-likeness (QED) is 0.640. The second-order valence-corrected chi connectivity index (χ2v) is 9.82. The lowest BCUT2D eigenvalue weighted by atomic mass is 9.80. The van der Waals surface area contributed by atoms with E-state index in [1.54, 1.807) is 4.90 Å². The normalized spacial score (nSPS) is 17.0. The Morgan fingerprint density at radius 1 is 1.03 bits per heavy atom. The van der Waals surface area contributed by atoms with Crippen molar-refractivity contribution in [3.05, 3.63) is 70.8 Å². The first-order chi connectivity index (χ1) is 14.8. The molecule has 0 aliphatic carbocycles. The molecule has 32 heavy (non-hydrogen) atoms. The van der Waals surface area contributed by atoms with Gasteiger partial charge in [-0.25, -0.2) is 0 Å². The first kappa shape index (κ1) is 24.3. The van der Waals surface area contributed by atoms with Gasteiger partial charge in [0.25, 0.3) is 0 Å². The van der Waals surface area contributed by atoms with E-state index in [2.05, 4.69) is 26.0 Å². The van der Waals surface area contributed by atoms with Crippen LogP contribution in [0.1, 0.15) is 62.8 Å². The summed E-state index contributed by atoms with van der Waals surface area (Å²) >= 11 is 0. The van der Waals surface area contributed by atoms with Crippen LogP contribution in [0.3, 0.4) is 0 Å². The summed E-state index contributed by atoms with van der Waals surface area (Å²) in [6.07, 6.45) is -3.08. The van der Waals surface area contributed by atoms with Gasteiger partial charge in [-0.05, 0) is 67.9 Å². The molecule has 2 aromatic rings. The van der Waals surface area contributed by atoms with Gasteiger partial charge < -0.3 is 10.0 Å². The molecule has 0 saturated carbocycles. The number of piperidine rings is 1. The van der Waals surface area contributed by atoms with Crippen molar-refractivity contribution in [1.29, 1.82) is 0 Å². The van der Waals surface area contributed by atoms with Crippen molar-refractivity contribution in [3.8, 4) is 0 Å². The fourth-order valence-electron chi connectivity index (χ4n) is 4.40. The van der Waals surface area contributed by atoms with E-state index >= 15 is 0 Å². The number of carbonyl (C=O) groups excluding carboxylic acids is 1. The standard InChI is InChI=1S/C26H32F3NO2/c1-18(2)16-19-8-10-20(11-9-19)24(3,4)23(31)30-14-12-25(32,13-15-30)21-6-5-7-22(17-21)26(27,28)29/h5-11,17-18,32H,12-16H2,1-4H3. The van der Waals surface area contributed by atoms with E-state index in [0.717, 1.165) is 24.1 Å². The van der Waals surface area contributed by atoms with E-state index in [0.29, 0.717) is 19.0 Å². The zero-order chi connectivity index (χ0) is 23.7. The number of alkyl halides is 3. The topological polar surface area (TPSA) is 40.5 Å². The van der Waals surface area contributed by atoms with Gasteiger partial charge in [-0.2, -0.15) is 13.2 Å². The summed E-state index contributed by atoms with van der Waals surface area (Å²) < 4.78 is 39.2. The summed E-state index contributed by atoms with van der Waals surface area (Å²) in [6.45, 7) is 8.69. The minimum atomic E-state index is -4.46. The Balaban J connectivity index is 1.70. The molecule has 0 bridgehead atoms. The van der Waals surface area contributed by atoms with Crippen LogP contribution < -0.4 is 0 Å². The average Bonchev–Trinajstić information content (AvgIpc) is 2.73. The Morgan fingerprint density at radius 2 is 1.62 bits per heavy atom. The highest BCUT2D eigenvalue weighted by Gasteiger charge is 2.41. The van der Waals surface area contributed by atoms with Crippen LogP contribution >= 0.6 is 0 Å². The van der Waals surface area contributed by atoms with Gasteiger partial charge in [0.2, 0.25) is 5.91 Å². The first-order valence-corrected chi connectivity index (χ1v) is 11.1. The molecule has 1 heterocycles. The molecule has 1 fully saturated rings. The van der Waals surface area contributed by atoms with Crippen LogP contribution in [0.15, 0.2) is 48.5 Å². The van der Waals surface area contributed by atoms with Gasteiger partial charge in [-0.3, -0.25) is 4.79 Å². The molecule has 2 aromatic carbocycles. The third-order valence-corrected chi connectivity index (χ3v) is 6.46. The third kappa shape index (κ3) is 5.17. The molecule has 1 aliphatic rings. The molecule has 1 saturated heterocycles. The molecule has 1 N–H and O–H groups in total. The summed E-state index contributed by atoms with van der Waals surface area (Å²) in [4.78, 5) is 15.0. The lowest BCUT2D eigenvalue weighted by Crippen LogP contribution is -2.50. The zero-order valence-electron chi connectivity index (χ0n) is 19.2. The third-order valence-electron chi connectivity index (χ3n) is 6.46. The fraction of sp³-hybridized carbons (Fsp3) is 0.500. The van der Waals surface area contributed by atoms with Crippen molar-refractivity contribution in [2.24, 2.45) is 5.92 Å². The zero-order valence-corrected chi connectivity index (χ0v) is 19.2. The molecule has 3 nitrogen and oxygen atoms in total. The number of benzene rings is 2. The number of likely N-dealkylation sites (tertiary alicyclic amines) is 1. The van der Waals surface area contributed by atoms with Gasteiger partial charge in [0.15, 0.2) is 0 Å². The number of hydrogen-bond donors (Lipinski definition) is 1. The number of amides is 1. The summed E-state index contributed by atoms with van der Waals surface area (Å²) in [5.41, 5.74) is -0.476. The van der Waals surface area contributed by atoms with Crippen molar-refractivity contribution in [2.75, 3.05) is 13.1 Å². The highest BCUT2D eigenvalue weighted by Crippen LogP contribution is 2.38. The van der Waals surface area contributed by atoms with Crippen molar-refractivity contribution in [2.45, 2.75) is 64.1 Å². The van der Waals surface area contributed by atoms with Gasteiger partial charge >= 0.3 is 6.18 Å². The van der Waals surface area contributed by atoms with E-state index in [1.165, 1.54) is 17.7 Å². The van der Waals surface area contributed by atoms with Crippen molar-refractivity contribution < 1.29 is 23.1 Å². The van der Waals surface area contributed by atoms with E-state index in [4.69, 9.17) is 0 Å². The molecular formula is C26H32F3NO2. The second-order valence-electron chi connectivity index (χ2n) is 9.82. The van der Waals surface area contributed by atoms with E-state index < -0.39 is 22.8 Å². The molecule has 1 amide bonds. The monoisotopic (exact) mass is 447 g/mol. The Bertz CT molecular complexity index is 940. The summed E-state index contributed by atoms with van der Waals surface area (Å²) in [5, 5.41) is 11.0.